The lowest BCUT2D eigenvalue weighted by molar-refractivity contribution is -0.160. The molecule has 0 aromatic heterocycles. The molecule has 0 heterocycles. The van der Waals surface area contributed by atoms with Crippen LogP contribution < -0.4 is 5.84 Å². The molecule has 3 aromatic carbocycles. The van der Waals surface area contributed by atoms with Gasteiger partial charge in [-0.2, -0.15) is 0 Å². The van der Waals surface area contributed by atoms with Crippen molar-refractivity contribution in [3.05, 3.63) is 113 Å². The molecule has 0 aliphatic rings. The van der Waals surface area contributed by atoms with Crippen molar-refractivity contribution in [2.75, 3.05) is 0 Å². The zero-order valence-electron chi connectivity index (χ0n) is 16.3. The summed E-state index contributed by atoms with van der Waals surface area (Å²) in [5.74, 6) is 4.33. The normalized spacial score (nSPS) is 12.0. The molecule has 4 nitrogen and oxygen atoms in total. The first kappa shape index (κ1) is 20.3. The van der Waals surface area contributed by atoms with Gasteiger partial charge in [-0.05, 0) is 45.9 Å². The molecular weight excluding hydrogens is 360 g/mol. The van der Waals surface area contributed by atoms with E-state index in [-0.39, 0.29) is 5.17 Å². The largest absolute Gasteiger partial charge is 0.284 e. The topological polar surface area (TPSA) is 66.6 Å². The van der Waals surface area contributed by atoms with Crippen LogP contribution in [-0.2, 0) is 4.79 Å². The summed E-state index contributed by atoms with van der Waals surface area (Å²) in [4.78, 5) is 11.4. The van der Waals surface area contributed by atoms with E-state index in [1.165, 1.54) is 22.8 Å². The molecule has 0 aliphatic heterocycles. The van der Waals surface area contributed by atoms with E-state index in [9.17, 15) is 4.79 Å². The van der Waals surface area contributed by atoms with Crippen LogP contribution in [0, 0.1) is 0 Å². The molecule has 0 aliphatic carbocycles. The Labute approximate surface area is 171 Å². The average molecular weight is 384 g/mol. The molecule has 3 N–H and O–H groups in total. The second-order valence-electron chi connectivity index (χ2n) is 6.58. The molecule has 146 valence electrons. The van der Waals surface area contributed by atoms with Crippen molar-refractivity contribution in [2.45, 2.75) is 13.3 Å². The maximum Gasteiger partial charge on any atom is 0.284 e. The number of hydrazine groups is 1. The van der Waals surface area contributed by atoms with Crippen LogP contribution in [-0.4, -0.2) is 16.3 Å². The Balaban J connectivity index is 2.06. The summed E-state index contributed by atoms with van der Waals surface area (Å²) >= 11 is 0. The van der Waals surface area contributed by atoms with Gasteiger partial charge in [0.25, 0.3) is 5.91 Å². The molecule has 0 unspecified atom stereocenters. The third kappa shape index (κ3) is 5.08. The van der Waals surface area contributed by atoms with Gasteiger partial charge in [0, 0.05) is 6.08 Å². The molecule has 4 heteroatoms. The lowest BCUT2D eigenvalue weighted by Crippen LogP contribution is -2.32. The molecule has 29 heavy (non-hydrogen) atoms. The van der Waals surface area contributed by atoms with E-state index in [0.29, 0.717) is 0 Å². The van der Waals surface area contributed by atoms with Gasteiger partial charge in [0.05, 0.1) is 0 Å². The van der Waals surface area contributed by atoms with Crippen molar-refractivity contribution >= 4 is 23.1 Å². The highest BCUT2D eigenvalue weighted by atomic mass is 16.5. The number of nitrogens with zero attached hydrogens (tertiary/aromatic N) is 1. The molecule has 1 amide bonds. The lowest BCUT2D eigenvalue weighted by Gasteiger charge is -2.16. The monoisotopic (exact) mass is 384 g/mol. The summed E-state index contributed by atoms with van der Waals surface area (Å²) in [7, 11) is 0. The molecule has 0 fully saturated rings. The summed E-state index contributed by atoms with van der Waals surface area (Å²) in [5.41, 5.74) is 6.76. The Bertz CT molecular complexity index is 1010. The first-order chi connectivity index (χ1) is 14.1. The summed E-state index contributed by atoms with van der Waals surface area (Å²) in [6.45, 7) is 2.17. The van der Waals surface area contributed by atoms with Gasteiger partial charge in [0.1, 0.15) is 0 Å². The van der Waals surface area contributed by atoms with Gasteiger partial charge in [-0.15, -0.1) is 5.17 Å². The molecule has 0 spiro atoms. The van der Waals surface area contributed by atoms with Crippen LogP contribution in [0.15, 0.2) is 91.0 Å². The smallest absolute Gasteiger partial charge is 0.270 e. The Kier molecular flexibility index (Phi) is 6.74. The second kappa shape index (κ2) is 9.64. The van der Waals surface area contributed by atoms with Gasteiger partial charge in [-0.3, -0.25) is 10.0 Å². The number of nitrogens with two attached hydrogens (primary N) is 1. The minimum absolute atomic E-state index is 0.0640. The molecule has 3 rings (SSSR count). The Morgan fingerprint density at radius 2 is 1.38 bits per heavy atom. The van der Waals surface area contributed by atoms with E-state index >= 15 is 0 Å². The fourth-order valence-corrected chi connectivity index (χ4v) is 3.29. The standard InChI is InChI=1S/C25H24N2O2/c1-2-23(20-9-5-3-6-10-20)25(21-11-7-4-8-12-21)22-16-13-19(14-17-22)15-18-24(28)27(26)29/h3-18,29H,2,26H2,1H3/b18-15+,25-23-. The zero-order chi connectivity index (χ0) is 20.6. The van der Waals surface area contributed by atoms with Gasteiger partial charge in [-0.25, -0.2) is 5.84 Å². The van der Waals surface area contributed by atoms with Gasteiger partial charge in [-0.1, -0.05) is 91.9 Å². The number of allylic oxidation sites excluding steroid dienone is 1. The second-order valence-corrected chi connectivity index (χ2v) is 6.58. The summed E-state index contributed by atoms with van der Waals surface area (Å²) in [6.07, 6.45) is 3.74. The molecule has 0 radical (unpaired) electrons. The van der Waals surface area contributed by atoms with E-state index < -0.39 is 5.91 Å². The molecule has 3 aromatic rings. The summed E-state index contributed by atoms with van der Waals surface area (Å²) in [6, 6.07) is 28.7. The lowest BCUT2D eigenvalue weighted by atomic mass is 9.88. The average Bonchev–Trinajstić information content (AvgIpc) is 2.77. The van der Waals surface area contributed by atoms with Crippen LogP contribution in [0.5, 0.6) is 0 Å². The van der Waals surface area contributed by atoms with E-state index in [0.717, 1.165) is 23.1 Å². The highest BCUT2D eigenvalue weighted by molar-refractivity contribution is 5.98. The number of carbonyl (C=O) groups is 1. The quantitative estimate of drug-likeness (QED) is 0.154. The summed E-state index contributed by atoms with van der Waals surface area (Å²) < 4.78 is 0. The van der Waals surface area contributed by atoms with Gasteiger partial charge in [0.2, 0.25) is 0 Å². The Hall–Kier alpha value is -3.47. The number of benzene rings is 3. The highest BCUT2D eigenvalue weighted by Gasteiger charge is 2.12. The minimum atomic E-state index is -0.684. The van der Waals surface area contributed by atoms with Crippen LogP contribution in [0.25, 0.3) is 17.2 Å². The molecule has 0 saturated heterocycles. The zero-order valence-corrected chi connectivity index (χ0v) is 16.3. The Morgan fingerprint density at radius 3 is 1.90 bits per heavy atom. The van der Waals surface area contributed by atoms with Crippen molar-refractivity contribution in [3.63, 3.8) is 0 Å². The fraction of sp³-hybridized carbons (Fsp3) is 0.0800. The maximum atomic E-state index is 11.4. The van der Waals surface area contributed by atoms with Crippen LogP contribution in [0.2, 0.25) is 0 Å². The van der Waals surface area contributed by atoms with Crippen molar-refractivity contribution in [2.24, 2.45) is 5.84 Å². The number of carbonyl (C=O) groups excluding carboxylic acids is 1. The van der Waals surface area contributed by atoms with Crippen LogP contribution in [0.1, 0.15) is 35.6 Å². The minimum Gasteiger partial charge on any atom is -0.270 e. The van der Waals surface area contributed by atoms with Gasteiger partial charge >= 0.3 is 0 Å². The predicted molar refractivity (Wildman–Crippen MR) is 117 cm³/mol. The molecule has 0 saturated carbocycles. The third-order valence-corrected chi connectivity index (χ3v) is 4.68. The molecular formula is C25H24N2O2. The number of hydrogen-bond donors (Lipinski definition) is 2. The number of hydroxylamine groups is 1. The van der Waals surface area contributed by atoms with Crippen molar-refractivity contribution in [1.82, 2.24) is 5.17 Å². The summed E-state index contributed by atoms with van der Waals surface area (Å²) in [5, 5.41) is 9.01. The van der Waals surface area contributed by atoms with Crippen molar-refractivity contribution in [3.8, 4) is 0 Å². The number of amides is 1. The maximum absolute atomic E-state index is 11.4. The highest BCUT2D eigenvalue weighted by Crippen LogP contribution is 2.34. The van der Waals surface area contributed by atoms with E-state index in [2.05, 4.69) is 43.3 Å². The Morgan fingerprint density at radius 1 is 0.862 bits per heavy atom. The third-order valence-electron chi connectivity index (χ3n) is 4.68. The van der Waals surface area contributed by atoms with Crippen molar-refractivity contribution < 1.29 is 10.0 Å². The first-order valence-electron chi connectivity index (χ1n) is 9.50. The molecule has 0 bridgehead atoms. The van der Waals surface area contributed by atoms with Gasteiger partial charge < -0.3 is 0 Å². The fourth-order valence-electron chi connectivity index (χ4n) is 3.29. The number of rotatable bonds is 6. The van der Waals surface area contributed by atoms with Crippen LogP contribution in [0.4, 0.5) is 0 Å². The van der Waals surface area contributed by atoms with Crippen LogP contribution in [0.3, 0.4) is 0 Å². The number of hydrogen-bond acceptors (Lipinski definition) is 3. The van der Waals surface area contributed by atoms with E-state index in [4.69, 9.17) is 11.0 Å². The molecule has 0 atom stereocenters. The van der Waals surface area contributed by atoms with Crippen molar-refractivity contribution in [1.29, 1.82) is 0 Å². The van der Waals surface area contributed by atoms with E-state index in [1.807, 2.05) is 48.5 Å². The SMILES string of the molecule is CC/C(=C(\c1ccccc1)c1ccc(/C=C/C(=O)N(N)O)cc1)c1ccccc1. The van der Waals surface area contributed by atoms with E-state index in [1.54, 1.807) is 6.08 Å². The predicted octanol–water partition coefficient (Wildman–Crippen LogP) is 5.16. The first-order valence-corrected chi connectivity index (χ1v) is 9.50. The van der Waals surface area contributed by atoms with Gasteiger partial charge in [0.15, 0.2) is 0 Å². The van der Waals surface area contributed by atoms with Crippen LogP contribution >= 0.6 is 0 Å².